The minimum Gasteiger partial charge on any atom is -0.508 e. The number of aliphatic hydroxyl groups is 1. The van der Waals surface area contributed by atoms with Crippen LogP contribution in [0.3, 0.4) is 0 Å². The van der Waals surface area contributed by atoms with Crippen LogP contribution in [-0.2, 0) is 11.4 Å². The highest BCUT2D eigenvalue weighted by Crippen LogP contribution is 2.51. The van der Waals surface area contributed by atoms with Crippen LogP contribution >= 0.6 is 0 Å². The fourth-order valence-corrected chi connectivity index (χ4v) is 6.13. The summed E-state index contributed by atoms with van der Waals surface area (Å²) in [6, 6.07) is 16.6. The number of nitrogens with zero attached hydrogens (tertiary/aromatic N) is 1. The van der Waals surface area contributed by atoms with Gasteiger partial charge in [0.05, 0.1) is 18.6 Å². The van der Waals surface area contributed by atoms with Gasteiger partial charge < -0.3 is 19.9 Å². The molecule has 1 heterocycles. The molecule has 3 atom stereocenters. The van der Waals surface area contributed by atoms with Gasteiger partial charge in [-0.3, -0.25) is 4.79 Å². The lowest BCUT2D eigenvalue weighted by Crippen LogP contribution is -2.55. The molecule has 39 heavy (non-hydrogen) atoms. The fourth-order valence-electron chi connectivity index (χ4n) is 5.38. The Labute approximate surface area is 229 Å². The van der Waals surface area contributed by atoms with Gasteiger partial charge in [-0.25, -0.2) is 8.78 Å². The first kappa shape index (κ1) is 28.9. The van der Waals surface area contributed by atoms with Gasteiger partial charge in [-0.15, -0.1) is 0 Å². The van der Waals surface area contributed by atoms with Crippen LogP contribution in [0.5, 0.6) is 5.75 Å². The van der Waals surface area contributed by atoms with Crippen molar-refractivity contribution in [3.8, 4) is 5.75 Å². The summed E-state index contributed by atoms with van der Waals surface area (Å²) in [5, 5.41) is 20.0. The molecule has 8 heteroatoms. The Hall–Kier alpha value is -3.07. The van der Waals surface area contributed by atoms with Crippen LogP contribution in [-0.4, -0.2) is 29.2 Å². The van der Waals surface area contributed by atoms with Gasteiger partial charge in [-0.1, -0.05) is 38.1 Å². The summed E-state index contributed by atoms with van der Waals surface area (Å²) in [4.78, 5) is 26.1. The minimum absolute atomic E-state index is 0.0135. The smallest absolute Gasteiger partial charge is 0.233 e. The van der Waals surface area contributed by atoms with E-state index in [9.17, 15) is 28.6 Å². The van der Waals surface area contributed by atoms with Crippen molar-refractivity contribution < 1.29 is 28.6 Å². The maximum absolute atomic E-state index is 13.7. The number of aliphatic hydroxyl groups excluding tert-OH is 1. The van der Waals surface area contributed by atoms with Gasteiger partial charge in [-0.05, 0) is 96.9 Å². The van der Waals surface area contributed by atoms with Gasteiger partial charge in [0.2, 0.25) is 5.91 Å². The van der Waals surface area contributed by atoms with E-state index >= 15 is 0 Å². The average molecular weight is 554 g/mol. The summed E-state index contributed by atoms with van der Waals surface area (Å²) in [7, 11) is -2.53. The molecule has 1 amide bonds. The van der Waals surface area contributed by atoms with Crippen LogP contribution in [0.25, 0.3) is 0 Å². The Morgan fingerprint density at radius 3 is 2.10 bits per heavy atom. The molecule has 0 spiro atoms. The molecule has 3 N–H and O–H groups in total. The number of anilines is 1. The average Bonchev–Trinajstić information content (AvgIpc) is 2.87. The van der Waals surface area contributed by atoms with Crippen LogP contribution in [0, 0.1) is 17.6 Å². The Bertz CT molecular complexity index is 1310. The third-order valence-corrected chi connectivity index (χ3v) is 12.0. The molecule has 3 aromatic carbocycles. The number of rotatable bonds is 10. The van der Waals surface area contributed by atoms with Crippen molar-refractivity contribution in [3.63, 3.8) is 0 Å². The number of carbonyl (C=O) groups excluding carboxylic acids is 1. The molecule has 1 unspecified atom stereocenters. The first-order valence-corrected chi connectivity index (χ1v) is 16.3. The molecule has 1 aliphatic rings. The molecule has 0 saturated carbocycles. The molecule has 1 saturated heterocycles. The van der Waals surface area contributed by atoms with E-state index in [0.717, 1.165) is 5.56 Å². The normalized spacial score (nSPS) is 18.7. The van der Waals surface area contributed by atoms with Crippen LogP contribution in [0.1, 0.15) is 61.8 Å². The topological polar surface area (TPSA) is 81.0 Å². The van der Waals surface area contributed by atoms with Crippen LogP contribution in [0.15, 0.2) is 66.7 Å². The standard InChI is InChI=1S/C31H37F2NO4Si/c1-31(2,39(3,4)38)18-22(21-6-9-23(32)10-7-21)8-16-27-29(26-15-5-20(19-35)17-28(26)36)34(30(27)37)25-13-11-24(33)12-14-25/h5-7,9-15,17,22,27,29,35-36,38H,8,16,18-19H2,1-4H3/t22-,27?,29-/m1/s1. The SMILES string of the molecule is CC(C)(C[C@@H](CCC1C(=O)N(c2ccc(F)cc2)[C@@H]1c1ccc(CO)cc1O)c1ccc(F)cc1)[Si](C)(C)O. The number of β-lactam (4-membered cyclic amide) rings is 1. The summed E-state index contributed by atoms with van der Waals surface area (Å²) < 4.78 is 27.3. The van der Waals surface area contributed by atoms with Crippen LogP contribution in [0.2, 0.25) is 18.1 Å². The third kappa shape index (κ3) is 6.08. The van der Waals surface area contributed by atoms with Crippen LogP contribution in [0.4, 0.5) is 14.5 Å². The summed E-state index contributed by atoms with van der Waals surface area (Å²) >= 11 is 0. The van der Waals surface area contributed by atoms with Crippen molar-refractivity contribution in [1.82, 2.24) is 0 Å². The monoisotopic (exact) mass is 553 g/mol. The number of hydrogen-bond acceptors (Lipinski definition) is 4. The largest absolute Gasteiger partial charge is 0.508 e. The summed E-state index contributed by atoms with van der Waals surface area (Å²) in [6.07, 6.45) is 1.81. The maximum Gasteiger partial charge on any atom is 0.233 e. The molecule has 3 aromatic rings. The minimum atomic E-state index is -2.53. The van der Waals surface area contributed by atoms with E-state index in [-0.39, 0.29) is 35.0 Å². The van der Waals surface area contributed by atoms with E-state index in [0.29, 0.717) is 36.1 Å². The molecule has 5 nitrogen and oxygen atoms in total. The number of phenols is 1. The van der Waals surface area contributed by atoms with Crippen molar-refractivity contribution >= 4 is 19.9 Å². The van der Waals surface area contributed by atoms with E-state index in [1.807, 2.05) is 13.1 Å². The van der Waals surface area contributed by atoms with Crippen LogP contribution < -0.4 is 4.90 Å². The van der Waals surface area contributed by atoms with Crippen molar-refractivity contribution in [2.24, 2.45) is 5.92 Å². The van der Waals surface area contributed by atoms with Gasteiger partial charge in [-0.2, -0.15) is 0 Å². The molecule has 0 radical (unpaired) electrons. The molecule has 4 rings (SSSR count). The number of benzene rings is 3. The maximum atomic E-state index is 13.7. The highest BCUT2D eigenvalue weighted by Gasteiger charge is 2.50. The predicted octanol–water partition coefficient (Wildman–Crippen LogP) is 6.80. The van der Waals surface area contributed by atoms with Gasteiger partial charge >= 0.3 is 0 Å². The zero-order chi connectivity index (χ0) is 28.5. The quantitative estimate of drug-likeness (QED) is 0.191. The zero-order valence-electron chi connectivity index (χ0n) is 22.9. The van der Waals surface area contributed by atoms with E-state index in [1.54, 1.807) is 41.3 Å². The van der Waals surface area contributed by atoms with E-state index in [2.05, 4.69) is 13.8 Å². The highest BCUT2D eigenvalue weighted by molar-refractivity contribution is 6.72. The summed E-state index contributed by atoms with van der Waals surface area (Å²) in [5.41, 5.74) is 2.61. The number of hydrogen-bond donors (Lipinski definition) is 3. The first-order chi connectivity index (χ1) is 18.3. The molecule has 0 aromatic heterocycles. The first-order valence-electron chi connectivity index (χ1n) is 13.3. The second-order valence-corrected chi connectivity index (χ2v) is 16.2. The lowest BCUT2D eigenvalue weighted by Gasteiger charge is -2.48. The van der Waals surface area contributed by atoms with Gasteiger partial charge in [0.25, 0.3) is 0 Å². The highest BCUT2D eigenvalue weighted by atomic mass is 28.4. The van der Waals surface area contributed by atoms with Crippen molar-refractivity contribution in [3.05, 3.63) is 95.1 Å². The van der Waals surface area contributed by atoms with Crippen molar-refractivity contribution in [1.29, 1.82) is 0 Å². The Morgan fingerprint density at radius 1 is 0.974 bits per heavy atom. The van der Waals surface area contributed by atoms with Gasteiger partial charge in [0, 0.05) is 11.3 Å². The van der Waals surface area contributed by atoms with E-state index < -0.39 is 26.1 Å². The number of phenolic OH excluding ortho intramolecular Hbond substituents is 1. The zero-order valence-corrected chi connectivity index (χ0v) is 23.9. The molecule has 1 fully saturated rings. The third-order valence-electron chi connectivity index (χ3n) is 8.50. The number of carbonyl (C=O) groups is 1. The molecule has 1 aliphatic heterocycles. The Balaban J connectivity index is 1.65. The van der Waals surface area contributed by atoms with Crippen molar-refractivity contribution in [2.75, 3.05) is 4.90 Å². The molecule has 208 valence electrons. The number of amides is 1. The fraction of sp³-hybridized carbons (Fsp3) is 0.387. The van der Waals surface area contributed by atoms with Gasteiger partial charge in [0.15, 0.2) is 8.32 Å². The predicted molar refractivity (Wildman–Crippen MR) is 151 cm³/mol. The molecule has 0 aliphatic carbocycles. The number of halogens is 2. The number of aromatic hydroxyl groups is 1. The van der Waals surface area contributed by atoms with Crippen molar-refractivity contribution in [2.45, 2.75) is 69.8 Å². The van der Waals surface area contributed by atoms with E-state index in [4.69, 9.17) is 0 Å². The lowest BCUT2D eigenvalue weighted by atomic mass is 9.75. The second-order valence-electron chi connectivity index (χ2n) is 11.8. The summed E-state index contributed by atoms with van der Waals surface area (Å²) in [5.74, 6) is -1.31. The summed E-state index contributed by atoms with van der Waals surface area (Å²) in [6.45, 7) is 7.73. The van der Waals surface area contributed by atoms with E-state index in [1.165, 1.54) is 30.3 Å². The van der Waals surface area contributed by atoms with Gasteiger partial charge in [0.1, 0.15) is 17.4 Å². The Kier molecular flexibility index (Phi) is 8.30. The second kappa shape index (κ2) is 11.2. The Morgan fingerprint density at radius 2 is 1.56 bits per heavy atom. The molecular weight excluding hydrogens is 516 g/mol. The lowest BCUT2D eigenvalue weighted by molar-refractivity contribution is -0.130. The molecular formula is C31H37F2NO4Si. The molecule has 0 bridgehead atoms.